The van der Waals surface area contributed by atoms with Crippen LogP contribution in [0, 0.1) is 0 Å². The first-order valence-corrected chi connectivity index (χ1v) is 7.03. The minimum absolute atomic E-state index is 0.132. The first kappa shape index (κ1) is 13.0. The van der Waals surface area contributed by atoms with Crippen LogP contribution in [0.5, 0.6) is 0 Å². The van der Waals surface area contributed by atoms with Gasteiger partial charge in [-0.25, -0.2) is 4.98 Å². The molecule has 5 heteroatoms. The first-order valence-electron chi connectivity index (χ1n) is 6.23. The van der Waals surface area contributed by atoms with Crippen LogP contribution < -0.4 is 0 Å². The number of para-hydroxylation sites is 2. The summed E-state index contributed by atoms with van der Waals surface area (Å²) in [5, 5.41) is 0. The van der Waals surface area contributed by atoms with Gasteiger partial charge in [0.2, 0.25) is 0 Å². The molecule has 20 heavy (non-hydrogen) atoms. The summed E-state index contributed by atoms with van der Waals surface area (Å²) < 4.78 is 2.76. The largest absolute Gasteiger partial charge is 0.323 e. The van der Waals surface area contributed by atoms with Crippen molar-refractivity contribution >= 4 is 32.7 Å². The highest BCUT2D eigenvalue weighted by Crippen LogP contribution is 2.13. The fourth-order valence-electron chi connectivity index (χ4n) is 2.16. The number of fused-ring (bicyclic) bond motifs is 1. The van der Waals surface area contributed by atoms with Crippen molar-refractivity contribution in [2.45, 2.75) is 13.0 Å². The number of nitrogens with zero attached hydrogens (tertiary/aromatic N) is 3. The van der Waals surface area contributed by atoms with Crippen LogP contribution in [-0.4, -0.2) is 20.3 Å². The van der Waals surface area contributed by atoms with E-state index in [2.05, 4.69) is 25.9 Å². The lowest BCUT2D eigenvalue weighted by atomic mass is 10.1. The third-order valence-corrected chi connectivity index (χ3v) is 3.47. The molecule has 4 nitrogen and oxygen atoms in total. The molecule has 0 saturated carbocycles. The number of imidazole rings is 1. The van der Waals surface area contributed by atoms with Gasteiger partial charge in [-0.2, -0.15) is 0 Å². The molecule has 1 aromatic carbocycles. The number of Topliss-reactive ketones (excluding diaryl/α,β-unsaturated/α-hetero) is 1. The Morgan fingerprint density at radius 3 is 2.95 bits per heavy atom. The lowest BCUT2D eigenvalue weighted by Gasteiger charge is -2.04. The lowest BCUT2D eigenvalue weighted by Crippen LogP contribution is -2.12. The second-order valence-corrected chi connectivity index (χ2v) is 5.50. The van der Waals surface area contributed by atoms with E-state index in [1.165, 1.54) is 0 Å². The molecule has 3 aromatic rings. The van der Waals surface area contributed by atoms with Crippen LogP contribution in [0.2, 0.25) is 0 Å². The summed E-state index contributed by atoms with van der Waals surface area (Å²) in [6.07, 6.45) is 5.51. The number of halogens is 1. The maximum atomic E-state index is 12.1. The van der Waals surface area contributed by atoms with Gasteiger partial charge >= 0.3 is 0 Å². The Kier molecular flexibility index (Phi) is 3.60. The molecule has 2 aromatic heterocycles. The molecule has 0 atom stereocenters. The van der Waals surface area contributed by atoms with Crippen LogP contribution in [0.25, 0.3) is 11.0 Å². The fourth-order valence-corrected chi connectivity index (χ4v) is 2.57. The van der Waals surface area contributed by atoms with Gasteiger partial charge in [0, 0.05) is 23.3 Å². The Labute approximate surface area is 124 Å². The molecule has 0 aliphatic heterocycles. The number of ketones is 1. The molecule has 0 bridgehead atoms. The molecular weight excluding hydrogens is 318 g/mol. The van der Waals surface area contributed by atoms with Gasteiger partial charge in [-0.3, -0.25) is 9.78 Å². The molecule has 0 radical (unpaired) electrons. The highest BCUT2D eigenvalue weighted by Gasteiger charge is 2.08. The van der Waals surface area contributed by atoms with Crippen LogP contribution in [0.1, 0.15) is 5.56 Å². The molecule has 0 unspecified atom stereocenters. The normalized spacial score (nSPS) is 10.8. The number of carbonyl (C=O) groups is 1. The molecule has 0 amide bonds. The third kappa shape index (κ3) is 2.77. The molecular formula is C15H12BrN3O. The summed E-state index contributed by atoms with van der Waals surface area (Å²) >= 11 is 3.36. The lowest BCUT2D eigenvalue weighted by molar-refractivity contribution is -0.118. The Bertz CT molecular complexity index is 766. The number of rotatable bonds is 4. The van der Waals surface area contributed by atoms with Gasteiger partial charge in [0.05, 0.1) is 23.9 Å². The Balaban J connectivity index is 1.76. The van der Waals surface area contributed by atoms with Crippen molar-refractivity contribution in [3.8, 4) is 0 Å². The number of hydrogen-bond donors (Lipinski definition) is 0. The monoisotopic (exact) mass is 329 g/mol. The van der Waals surface area contributed by atoms with Crippen molar-refractivity contribution in [3.63, 3.8) is 0 Å². The van der Waals surface area contributed by atoms with Crippen LogP contribution >= 0.6 is 15.9 Å². The average Bonchev–Trinajstić information content (AvgIpc) is 2.82. The van der Waals surface area contributed by atoms with E-state index in [1.807, 2.05) is 34.9 Å². The maximum Gasteiger partial charge on any atom is 0.156 e. The van der Waals surface area contributed by atoms with Crippen LogP contribution in [-0.2, 0) is 17.8 Å². The zero-order valence-electron chi connectivity index (χ0n) is 10.7. The van der Waals surface area contributed by atoms with E-state index in [1.54, 1.807) is 18.7 Å². The van der Waals surface area contributed by atoms with E-state index in [4.69, 9.17) is 0 Å². The molecule has 2 heterocycles. The molecule has 0 aliphatic rings. The van der Waals surface area contributed by atoms with Crippen molar-refractivity contribution in [1.29, 1.82) is 0 Å². The van der Waals surface area contributed by atoms with Crippen molar-refractivity contribution in [2.75, 3.05) is 0 Å². The van der Waals surface area contributed by atoms with Gasteiger partial charge in [0.25, 0.3) is 0 Å². The van der Waals surface area contributed by atoms with Crippen molar-refractivity contribution in [2.24, 2.45) is 0 Å². The topological polar surface area (TPSA) is 47.8 Å². The predicted octanol–water partition coefficient (Wildman–Crippen LogP) is 3.01. The average molecular weight is 330 g/mol. The van der Waals surface area contributed by atoms with Gasteiger partial charge in [-0.05, 0) is 39.7 Å². The first-order chi connectivity index (χ1) is 9.72. The van der Waals surface area contributed by atoms with Gasteiger partial charge in [0.15, 0.2) is 5.78 Å². The van der Waals surface area contributed by atoms with Gasteiger partial charge in [0.1, 0.15) is 0 Å². The van der Waals surface area contributed by atoms with Gasteiger partial charge in [-0.15, -0.1) is 0 Å². The highest BCUT2D eigenvalue weighted by molar-refractivity contribution is 9.10. The van der Waals surface area contributed by atoms with E-state index in [9.17, 15) is 4.79 Å². The molecule has 3 rings (SSSR count). The minimum atomic E-state index is 0.132. The second-order valence-electron chi connectivity index (χ2n) is 4.59. The van der Waals surface area contributed by atoms with E-state index in [0.29, 0.717) is 13.0 Å². The summed E-state index contributed by atoms with van der Waals surface area (Å²) in [6.45, 7) is 0.326. The summed E-state index contributed by atoms with van der Waals surface area (Å²) in [5.74, 6) is 0.132. The second kappa shape index (κ2) is 5.54. The Hall–Kier alpha value is -2.01. The minimum Gasteiger partial charge on any atom is -0.323 e. The number of carbonyl (C=O) groups excluding carboxylic acids is 1. The van der Waals surface area contributed by atoms with Crippen LogP contribution in [0.3, 0.4) is 0 Å². The Morgan fingerprint density at radius 1 is 1.25 bits per heavy atom. The van der Waals surface area contributed by atoms with Crippen LogP contribution in [0.15, 0.2) is 53.5 Å². The summed E-state index contributed by atoms with van der Waals surface area (Å²) in [6, 6.07) is 9.71. The SMILES string of the molecule is O=C(Cc1cncc(Br)c1)Cn1cnc2ccccc21. The summed E-state index contributed by atoms with van der Waals surface area (Å²) in [5.41, 5.74) is 2.80. The maximum absolute atomic E-state index is 12.1. The van der Waals surface area contributed by atoms with Gasteiger partial charge in [-0.1, -0.05) is 12.1 Å². The molecule has 0 N–H and O–H groups in total. The van der Waals surface area contributed by atoms with Crippen molar-refractivity contribution in [1.82, 2.24) is 14.5 Å². The van der Waals surface area contributed by atoms with Crippen molar-refractivity contribution < 1.29 is 4.79 Å². The van der Waals surface area contributed by atoms with E-state index >= 15 is 0 Å². The number of benzene rings is 1. The smallest absolute Gasteiger partial charge is 0.156 e. The molecule has 0 spiro atoms. The van der Waals surface area contributed by atoms with E-state index < -0.39 is 0 Å². The highest BCUT2D eigenvalue weighted by atomic mass is 79.9. The van der Waals surface area contributed by atoms with E-state index in [0.717, 1.165) is 21.1 Å². The predicted molar refractivity (Wildman–Crippen MR) is 80.4 cm³/mol. The standard InChI is InChI=1S/C15H12BrN3O/c16-12-5-11(7-17-8-12)6-13(20)9-19-10-18-14-3-1-2-4-15(14)19/h1-5,7-8,10H,6,9H2. The number of pyridine rings is 1. The zero-order valence-corrected chi connectivity index (χ0v) is 12.2. The molecule has 0 saturated heterocycles. The molecule has 0 fully saturated rings. The Morgan fingerprint density at radius 2 is 2.10 bits per heavy atom. The molecule has 0 aliphatic carbocycles. The summed E-state index contributed by atoms with van der Waals surface area (Å²) in [4.78, 5) is 20.5. The quantitative estimate of drug-likeness (QED) is 0.739. The fraction of sp³-hybridized carbons (Fsp3) is 0.133. The van der Waals surface area contributed by atoms with E-state index in [-0.39, 0.29) is 5.78 Å². The number of aromatic nitrogens is 3. The molecule has 100 valence electrons. The number of hydrogen-bond acceptors (Lipinski definition) is 3. The zero-order chi connectivity index (χ0) is 13.9. The van der Waals surface area contributed by atoms with Crippen LogP contribution in [0.4, 0.5) is 0 Å². The third-order valence-electron chi connectivity index (χ3n) is 3.04. The van der Waals surface area contributed by atoms with Gasteiger partial charge < -0.3 is 4.57 Å². The summed E-state index contributed by atoms with van der Waals surface area (Å²) in [7, 11) is 0. The van der Waals surface area contributed by atoms with Crippen molar-refractivity contribution in [3.05, 3.63) is 59.1 Å².